The summed E-state index contributed by atoms with van der Waals surface area (Å²) in [5.41, 5.74) is 6.47. The second-order valence-electron chi connectivity index (χ2n) is 3.82. The highest BCUT2D eigenvalue weighted by atomic mass is 35.5. The SMILES string of the molecule is NCc1cc(C(=O)Nc2ccc(Cl)cc2F)ccn1. The number of nitrogens with one attached hydrogen (secondary N) is 1. The van der Waals surface area contributed by atoms with Crippen LogP contribution in [-0.4, -0.2) is 10.9 Å². The number of nitrogens with zero attached hydrogens (tertiary/aromatic N) is 1. The van der Waals surface area contributed by atoms with Crippen LogP contribution in [-0.2, 0) is 6.54 Å². The molecule has 0 aliphatic carbocycles. The average molecular weight is 280 g/mol. The van der Waals surface area contributed by atoms with E-state index in [0.717, 1.165) is 6.07 Å². The molecule has 4 nitrogen and oxygen atoms in total. The smallest absolute Gasteiger partial charge is 0.255 e. The standard InChI is InChI=1S/C13H11ClFN3O/c14-9-1-2-12(11(15)6-9)18-13(19)8-3-4-17-10(5-8)7-16/h1-6H,7,16H2,(H,18,19). The molecule has 3 N–H and O–H groups in total. The summed E-state index contributed by atoms with van der Waals surface area (Å²) in [4.78, 5) is 15.9. The van der Waals surface area contributed by atoms with Gasteiger partial charge in [0.25, 0.3) is 5.91 Å². The molecular formula is C13H11ClFN3O. The maximum absolute atomic E-state index is 13.5. The number of hydrogen-bond acceptors (Lipinski definition) is 3. The minimum absolute atomic E-state index is 0.0699. The Kier molecular flexibility index (Phi) is 4.09. The van der Waals surface area contributed by atoms with E-state index < -0.39 is 11.7 Å². The van der Waals surface area contributed by atoms with E-state index in [2.05, 4.69) is 10.3 Å². The van der Waals surface area contributed by atoms with Crippen molar-refractivity contribution in [2.24, 2.45) is 5.73 Å². The van der Waals surface area contributed by atoms with Gasteiger partial charge in [-0.15, -0.1) is 0 Å². The monoisotopic (exact) mass is 279 g/mol. The van der Waals surface area contributed by atoms with Crippen LogP contribution < -0.4 is 11.1 Å². The highest BCUT2D eigenvalue weighted by Crippen LogP contribution is 2.19. The van der Waals surface area contributed by atoms with E-state index in [0.29, 0.717) is 11.3 Å². The van der Waals surface area contributed by atoms with Crippen LogP contribution in [0.3, 0.4) is 0 Å². The lowest BCUT2D eigenvalue weighted by Gasteiger charge is -2.07. The summed E-state index contributed by atoms with van der Waals surface area (Å²) in [7, 11) is 0. The van der Waals surface area contributed by atoms with E-state index in [4.69, 9.17) is 17.3 Å². The Balaban J connectivity index is 2.20. The minimum atomic E-state index is -0.589. The number of pyridine rings is 1. The third-order valence-corrected chi connectivity index (χ3v) is 2.70. The van der Waals surface area contributed by atoms with E-state index in [1.165, 1.54) is 24.4 Å². The Hall–Kier alpha value is -1.98. The van der Waals surface area contributed by atoms with E-state index >= 15 is 0 Å². The van der Waals surface area contributed by atoms with E-state index in [1.807, 2.05) is 0 Å². The van der Waals surface area contributed by atoms with Crippen LogP contribution >= 0.6 is 11.6 Å². The highest BCUT2D eigenvalue weighted by molar-refractivity contribution is 6.30. The van der Waals surface area contributed by atoms with E-state index in [1.54, 1.807) is 6.07 Å². The zero-order valence-electron chi connectivity index (χ0n) is 9.86. The number of aromatic nitrogens is 1. The zero-order chi connectivity index (χ0) is 13.8. The van der Waals surface area contributed by atoms with Crippen LogP contribution in [0, 0.1) is 5.82 Å². The molecule has 19 heavy (non-hydrogen) atoms. The van der Waals surface area contributed by atoms with Crippen molar-refractivity contribution in [3.05, 3.63) is 58.6 Å². The number of benzene rings is 1. The molecule has 0 unspecified atom stereocenters. The third kappa shape index (κ3) is 3.27. The van der Waals surface area contributed by atoms with Crippen molar-refractivity contribution in [1.29, 1.82) is 0 Å². The maximum Gasteiger partial charge on any atom is 0.255 e. The molecule has 0 saturated heterocycles. The molecule has 0 atom stereocenters. The number of anilines is 1. The van der Waals surface area contributed by atoms with Gasteiger partial charge in [-0.3, -0.25) is 9.78 Å². The first-order valence-electron chi connectivity index (χ1n) is 5.51. The van der Waals surface area contributed by atoms with Gasteiger partial charge in [-0.2, -0.15) is 0 Å². The predicted octanol–water partition coefficient (Wildman–Crippen LogP) is 2.59. The number of amides is 1. The first-order chi connectivity index (χ1) is 9.10. The molecule has 6 heteroatoms. The largest absolute Gasteiger partial charge is 0.325 e. The van der Waals surface area contributed by atoms with Gasteiger partial charge < -0.3 is 11.1 Å². The molecule has 0 saturated carbocycles. The van der Waals surface area contributed by atoms with Gasteiger partial charge in [0.1, 0.15) is 5.82 Å². The second-order valence-corrected chi connectivity index (χ2v) is 4.25. The summed E-state index contributed by atoms with van der Waals surface area (Å²) in [6.07, 6.45) is 1.48. The number of rotatable bonds is 3. The van der Waals surface area contributed by atoms with Gasteiger partial charge in [-0.25, -0.2) is 4.39 Å². The molecule has 98 valence electrons. The van der Waals surface area contributed by atoms with Crippen molar-refractivity contribution in [3.63, 3.8) is 0 Å². The highest BCUT2D eigenvalue weighted by Gasteiger charge is 2.10. The first kappa shape index (κ1) is 13.5. The fourth-order valence-electron chi connectivity index (χ4n) is 1.52. The Labute approximate surface area is 114 Å². The van der Waals surface area contributed by atoms with Crippen LogP contribution in [0.1, 0.15) is 16.1 Å². The summed E-state index contributed by atoms with van der Waals surface area (Å²) in [6, 6.07) is 7.12. The average Bonchev–Trinajstić information content (AvgIpc) is 2.42. The summed E-state index contributed by atoms with van der Waals surface area (Å²) in [5, 5.41) is 2.73. The molecular weight excluding hydrogens is 269 g/mol. The first-order valence-corrected chi connectivity index (χ1v) is 5.89. The van der Waals surface area contributed by atoms with Crippen molar-refractivity contribution in [2.45, 2.75) is 6.54 Å². The van der Waals surface area contributed by atoms with Crippen molar-refractivity contribution < 1.29 is 9.18 Å². The Bertz CT molecular complexity index is 619. The molecule has 0 aliphatic rings. The summed E-state index contributed by atoms with van der Waals surface area (Å²) in [5.74, 6) is -1.02. The Morgan fingerprint density at radius 1 is 1.37 bits per heavy atom. The number of carbonyl (C=O) groups is 1. The quantitative estimate of drug-likeness (QED) is 0.907. The molecule has 1 amide bonds. The normalized spacial score (nSPS) is 10.3. The molecule has 2 aromatic rings. The van der Waals surface area contributed by atoms with Crippen molar-refractivity contribution in [3.8, 4) is 0 Å². The molecule has 1 aromatic carbocycles. The topological polar surface area (TPSA) is 68.0 Å². The van der Waals surface area contributed by atoms with Gasteiger partial charge in [0.05, 0.1) is 11.4 Å². The molecule has 1 heterocycles. The van der Waals surface area contributed by atoms with Gasteiger partial charge in [-0.05, 0) is 30.3 Å². The fraction of sp³-hybridized carbons (Fsp3) is 0.0769. The van der Waals surface area contributed by atoms with Crippen LogP contribution in [0.4, 0.5) is 10.1 Å². The van der Waals surface area contributed by atoms with E-state index in [9.17, 15) is 9.18 Å². The van der Waals surface area contributed by atoms with Gasteiger partial charge >= 0.3 is 0 Å². The third-order valence-electron chi connectivity index (χ3n) is 2.47. The van der Waals surface area contributed by atoms with Crippen molar-refractivity contribution >= 4 is 23.2 Å². The molecule has 0 radical (unpaired) electrons. The van der Waals surface area contributed by atoms with Crippen LogP contribution in [0.2, 0.25) is 5.02 Å². The Morgan fingerprint density at radius 2 is 2.16 bits per heavy atom. The van der Waals surface area contributed by atoms with Gasteiger partial charge in [-0.1, -0.05) is 11.6 Å². The lowest BCUT2D eigenvalue weighted by atomic mass is 10.2. The second kappa shape index (κ2) is 5.77. The summed E-state index contributed by atoms with van der Waals surface area (Å²) >= 11 is 5.64. The lowest BCUT2D eigenvalue weighted by molar-refractivity contribution is 0.102. The molecule has 2 rings (SSSR count). The maximum atomic E-state index is 13.5. The minimum Gasteiger partial charge on any atom is -0.325 e. The summed E-state index contributed by atoms with van der Waals surface area (Å²) in [6.45, 7) is 0.233. The van der Waals surface area contributed by atoms with Crippen molar-refractivity contribution in [1.82, 2.24) is 4.98 Å². The molecule has 0 fully saturated rings. The predicted molar refractivity (Wildman–Crippen MR) is 71.5 cm³/mol. The number of carbonyl (C=O) groups excluding carboxylic acids is 1. The molecule has 0 bridgehead atoms. The number of halogens is 2. The molecule has 1 aromatic heterocycles. The molecule has 0 aliphatic heterocycles. The van der Waals surface area contributed by atoms with E-state index in [-0.39, 0.29) is 17.3 Å². The van der Waals surface area contributed by atoms with Gasteiger partial charge in [0.2, 0.25) is 0 Å². The number of nitrogens with two attached hydrogens (primary N) is 1. The molecule has 0 spiro atoms. The zero-order valence-corrected chi connectivity index (χ0v) is 10.6. The Morgan fingerprint density at radius 3 is 2.84 bits per heavy atom. The van der Waals surface area contributed by atoms with Gasteiger partial charge in [0.15, 0.2) is 0 Å². The number of hydrogen-bond donors (Lipinski definition) is 2. The van der Waals surface area contributed by atoms with Crippen LogP contribution in [0.25, 0.3) is 0 Å². The summed E-state index contributed by atoms with van der Waals surface area (Å²) < 4.78 is 13.5. The van der Waals surface area contributed by atoms with Crippen LogP contribution in [0.5, 0.6) is 0 Å². The van der Waals surface area contributed by atoms with Crippen molar-refractivity contribution in [2.75, 3.05) is 5.32 Å². The fourth-order valence-corrected chi connectivity index (χ4v) is 1.68. The van der Waals surface area contributed by atoms with Crippen LogP contribution in [0.15, 0.2) is 36.5 Å². The van der Waals surface area contributed by atoms with Gasteiger partial charge in [0, 0.05) is 23.3 Å². The lowest BCUT2D eigenvalue weighted by Crippen LogP contribution is -2.14.